The van der Waals surface area contributed by atoms with Gasteiger partial charge < -0.3 is 16.0 Å². The van der Waals surface area contributed by atoms with E-state index in [4.69, 9.17) is 11.5 Å². The summed E-state index contributed by atoms with van der Waals surface area (Å²) in [4.78, 5) is 12.2. The average molecular weight is 341 g/mol. The van der Waals surface area contributed by atoms with Crippen molar-refractivity contribution in [2.45, 2.75) is 6.54 Å². The number of benzene rings is 1. The van der Waals surface area contributed by atoms with Crippen LogP contribution in [0.3, 0.4) is 0 Å². The fourth-order valence-corrected chi connectivity index (χ4v) is 2.99. The minimum atomic E-state index is 0.0470. The van der Waals surface area contributed by atoms with Crippen molar-refractivity contribution in [3.63, 3.8) is 0 Å². The highest BCUT2D eigenvalue weighted by molar-refractivity contribution is 5.87. The number of aromatic nitrogens is 4. The van der Waals surface area contributed by atoms with Crippen molar-refractivity contribution in [3.8, 4) is 17.3 Å². The Balaban J connectivity index is 1.78. The molecule has 126 valence electrons. The second-order valence-electron chi connectivity index (χ2n) is 5.88. The monoisotopic (exact) mass is 341 g/mol. The number of fused-ring (bicyclic) bond motifs is 1. The first-order valence-electron chi connectivity index (χ1n) is 7.97. The molecule has 0 fully saturated rings. The molecule has 0 saturated carbocycles. The Morgan fingerprint density at radius 2 is 2.00 bits per heavy atom. The maximum Gasteiger partial charge on any atom is 0.222 e. The van der Waals surface area contributed by atoms with E-state index in [2.05, 4.69) is 25.6 Å². The van der Waals surface area contributed by atoms with Gasteiger partial charge in [-0.3, -0.25) is 4.98 Å². The summed E-state index contributed by atoms with van der Waals surface area (Å²) in [6.45, 7) is 0.730. The van der Waals surface area contributed by atoms with Crippen molar-refractivity contribution in [1.29, 1.82) is 5.26 Å². The Labute approximate surface area is 149 Å². The van der Waals surface area contributed by atoms with Gasteiger partial charge in [-0.25, -0.2) is 4.98 Å². The summed E-state index contributed by atoms with van der Waals surface area (Å²) in [5.41, 5.74) is 15.2. The largest absolute Gasteiger partial charge is 0.382 e. The normalized spacial score (nSPS) is 10.7. The summed E-state index contributed by atoms with van der Waals surface area (Å²) in [7, 11) is 0. The van der Waals surface area contributed by atoms with Gasteiger partial charge in [-0.2, -0.15) is 10.2 Å². The molecular formula is C19H15N7. The standard InChI is InChI=1S/C19H15N7/c20-9-15-17(24-19(22)25-18(15)21)14-3-4-16-13(8-14)5-7-26(16)11-12-2-1-6-23-10-12/h1-8,10H,11H2,(H4,21,22,24,25). The van der Waals surface area contributed by atoms with Gasteiger partial charge in [0.1, 0.15) is 17.5 Å². The van der Waals surface area contributed by atoms with Crippen LogP contribution in [0.5, 0.6) is 0 Å². The third-order valence-electron chi connectivity index (χ3n) is 4.19. The summed E-state index contributed by atoms with van der Waals surface area (Å²) in [6, 6.07) is 13.9. The summed E-state index contributed by atoms with van der Waals surface area (Å²) < 4.78 is 2.14. The fraction of sp³-hybridized carbons (Fsp3) is 0.0526. The number of nitriles is 1. The number of hydrogen-bond donors (Lipinski definition) is 2. The molecule has 7 nitrogen and oxygen atoms in total. The van der Waals surface area contributed by atoms with Crippen LogP contribution in [0, 0.1) is 11.3 Å². The molecule has 0 radical (unpaired) electrons. The molecule has 0 aliphatic rings. The molecule has 26 heavy (non-hydrogen) atoms. The Bertz CT molecular complexity index is 1140. The molecule has 1 aromatic carbocycles. The quantitative estimate of drug-likeness (QED) is 0.591. The molecule has 0 aliphatic heterocycles. The first kappa shape index (κ1) is 15.6. The van der Waals surface area contributed by atoms with Crippen LogP contribution in [0.2, 0.25) is 0 Å². The SMILES string of the molecule is N#Cc1c(N)nc(N)nc1-c1ccc2c(ccn2Cc2cccnc2)c1. The van der Waals surface area contributed by atoms with Crippen LogP contribution in [0.1, 0.15) is 11.1 Å². The molecule has 4 N–H and O–H groups in total. The molecule has 0 unspecified atom stereocenters. The molecule has 0 spiro atoms. The second kappa shape index (κ2) is 6.18. The maximum atomic E-state index is 9.37. The van der Waals surface area contributed by atoms with Crippen LogP contribution in [0.4, 0.5) is 11.8 Å². The number of nitrogens with zero attached hydrogens (tertiary/aromatic N) is 5. The van der Waals surface area contributed by atoms with Gasteiger partial charge >= 0.3 is 0 Å². The van der Waals surface area contributed by atoms with Gasteiger partial charge in [0.25, 0.3) is 0 Å². The number of nitrogen functional groups attached to an aromatic ring is 2. The predicted octanol–water partition coefficient (Wildman–Crippen LogP) is 2.58. The number of hydrogen-bond acceptors (Lipinski definition) is 6. The van der Waals surface area contributed by atoms with E-state index in [1.54, 1.807) is 6.20 Å². The average Bonchev–Trinajstić information content (AvgIpc) is 3.04. The number of rotatable bonds is 3. The van der Waals surface area contributed by atoms with Crippen molar-refractivity contribution in [2.24, 2.45) is 0 Å². The molecule has 0 atom stereocenters. The van der Waals surface area contributed by atoms with E-state index < -0.39 is 0 Å². The van der Waals surface area contributed by atoms with E-state index in [1.807, 2.05) is 48.8 Å². The summed E-state index contributed by atoms with van der Waals surface area (Å²) in [5.74, 6) is 0.134. The van der Waals surface area contributed by atoms with Crippen molar-refractivity contribution < 1.29 is 0 Å². The predicted molar refractivity (Wildman–Crippen MR) is 99.8 cm³/mol. The summed E-state index contributed by atoms with van der Waals surface area (Å²) in [6.07, 6.45) is 5.64. The Morgan fingerprint density at radius 3 is 2.77 bits per heavy atom. The molecule has 0 aliphatic carbocycles. The van der Waals surface area contributed by atoms with Crippen LogP contribution in [-0.2, 0) is 6.54 Å². The Kier molecular flexibility index (Phi) is 3.71. The fourth-order valence-electron chi connectivity index (χ4n) is 2.99. The van der Waals surface area contributed by atoms with Crippen molar-refractivity contribution in [3.05, 3.63) is 66.1 Å². The molecule has 3 aromatic heterocycles. The van der Waals surface area contributed by atoms with Crippen molar-refractivity contribution in [1.82, 2.24) is 19.5 Å². The molecule has 4 rings (SSSR count). The summed E-state index contributed by atoms with van der Waals surface area (Å²) >= 11 is 0. The highest BCUT2D eigenvalue weighted by atomic mass is 15.0. The van der Waals surface area contributed by atoms with Gasteiger partial charge in [0.05, 0.1) is 5.69 Å². The maximum absolute atomic E-state index is 9.37. The Morgan fingerprint density at radius 1 is 1.12 bits per heavy atom. The van der Waals surface area contributed by atoms with E-state index in [9.17, 15) is 5.26 Å². The third-order valence-corrected chi connectivity index (χ3v) is 4.19. The molecule has 4 aromatic rings. The topological polar surface area (TPSA) is 119 Å². The third kappa shape index (κ3) is 2.70. The first-order valence-corrected chi connectivity index (χ1v) is 7.97. The van der Waals surface area contributed by atoms with E-state index in [0.29, 0.717) is 5.69 Å². The molecule has 0 amide bonds. The van der Waals surface area contributed by atoms with Gasteiger partial charge in [-0.1, -0.05) is 12.1 Å². The Hall–Kier alpha value is -3.92. The number of nitrogens with two attached hydrogens (primary N) is 2. The lowest BCUT2D eigenvalue weighted by Crippen LogP contribution is -2.05. The van der Waals surface area contributed by atoms with Gasteiger partial charge in [0.15, 0.2) is 0 Å². The molecule has 3 heterocycles. The van der Waals surface area contributed by atoms with E-state index in [-0.39, 0.29) is 17.3 Å². The lowest BCUT2D eigenvalue weighted by atomic mass is 10.1. The zero-order valence-electron chi connectivity index (χ0n) is 13.8. The minimum Gasteiger partial charge on any atom is -0.382 e. The van der Waals surface area contributed by atoms with E-state index in [0.717, 1.165) is 28.6 Å². The molecule has 7 heteroatoms. The lowest BCUT2D eigenvalue weighted by molar-refractivity contribution is 0.832. The minimum absolute atomic E-state index is 0.0470. The van der Waals surface area contributed by atoms with E-state index in [1.165, 1.54) is 0 Å². The van der Waals surface area contributed by atoms with Crippen LogP contribution < -0.4 is 11.5 Å². The van der Waals surface area contributed by atoms with Crippen LogP contribution >= 0.6 is 0 Å². The lowest BCUT2D eigenvalue weighted by Gasteiger charge is -2.08. The van der Waals surface area contributed by atoms with Crippen molar-refractivity contribution >= 4 is 22.7 Å². The molecule has 0 saturated heterocycles. The smallest absolute Gasteiger partial charge is 0.222 e. The highest BCUT2D eigenvalue weighted by Crippen LogP contribution is 2.29. The summed E-state index contributed by atoms with van der Waals surface area (Å²) in [5, 5.41) is 10.4. The highest BCUT2D eigenvalue weighted by Gasteiger charge is 2.14. The zero-order chi connectivity index (χ0) is 18.1. The first-order chi connectivity index (χ1) is 12.7. The second-order valence-corrected chi connectivity index (χ2v) is 5.88. The van der Waals surface area contributed by atoms with Crippen LogP contribution in [-0.4, -0.2) is 19.5 Å². The number of pyridine rings is 1. The van der Waals surface area contributed by atoms with Gasteiger partial charge in [-0.05, 0) is 29.8 Å². The van der Waals surface area contributed by atoms with Gasteiger partial charge in [-0.15, -0.1) is 0 Å². The van der Waals surface area contributed by atoms with Gasteiger partial charge in [0.2, 0.25) is 5.95 Å². The zero-order valence-corrected chi connectivity index (χ0v) is 13.8. The van der Waals surface area contributed by atoms with Gasteiger partial charge in [0, 0.05) is 41.6 Å². The number of anilines is 2. The molecular weight excluding hydrogens is 326 g/mol. The van der Waals surface area contributed by atoms with Crippen LogP contribution in [0.25, 0.3) is 22.2 Å². The van der Waals surface area contributed by atoms with E-state index >= 15 is 0 Å². The van der Waals surface area contributed by atoms with Crippen molar-refractivity contribution in [2.75, 3.05) is 11.5 Å². The molecule has 0 bridgehead atoms. The van der Waals surface area contributed by atoms with Crippen LogP contribution in [0.15, 0.2) is 55.0 Å².